The van der Waals surface area contributed by atoms with Gasteiger partial charge in [-0.25, -0.2) is 4.79 Å². The van der Waals surface area contributed by atoms with Gasteiger partial charge in [0.2, 0.25) is 0 Å². The van der Waals surface area contributed by atoms with Crippen LogP contribution >= 0.6 is 0 Å². The Labute approximate surface area is 115 Å². The van der Waals surface area contributed by atoms with Crippen LogP contribution in [0.3, 0.4) is 0 Å². The van der Waals surface area contributed by atoms with E-state index in [0.717, 1.165) is 12.1 Å². The van der Waals surface area contributed by atoms with Crippen LogP contribution in [0.5, 0.6) is 5.75 Å². The van der Waals surface area contributed by atoms with Crippen LogP contribution < -0.4 is 4.74 Å². The lowest BCUT2D eigenvalue weighted by atomic mass is 10.2. The SMILES string of the molecule is CCC(=CCOc1cccc(C(F)(F)F)c1)C(=O)OC. The third-order valence-corrected chi connectivity index (χ3v) is 2.57. The van der Waals surface area contributed by atoms with Crippen molar-refractivity contribution in [2.75, 3.05) is 13.7 Å². The van der Waals surface area contributed by atoms with E-state index in [0.29, 0.717) is 12.0 Å². The van der Waals surface area contributed by atoms with E-state index in [2.05, 4.69) is 4.74 Å². The fourth-order valence-corrected chi connectivity index (χ4v) is 1.50. The molecule has 0 radical (unpaired) electrons. The first-order chi connectivity index (χ1) is 9.38. The molecule has 0 aliphatic heterocycles. The summed E-state index contributed by atoms with van der Waals surface area (Å²) in [7, 11) is 1.26. The van der Waals surface area contributed by atoms with E-state index in [1.165, 1.54) is 25.3 Å². The van der Waals surface area contributed by atoms with E-state index in [1.54, 1.807) is 6.92 Å². The van der Waals surface area contributed by atoms with Gasteiger partial charge in [0.05, 0.1) is 12.7 Å². The largest absolute Gasteiger partial charge is 0.490 e. The Balaban J connectivity index is 2.71. The predicted octanol–water partition coefficient (Wildman–Crippen LogP) is 3.59. The normalized spacial score (nSPS) is 12.2. The molecule has 0 atom stereocenters. The zero-order chi connectivity index (χ0) is 15.2. The minimum atomic E-state index is -4.41. The van der Waals surface area contributed by atoms with E-state index in [1.807, 2.05) is 0 Å². The minimum Gasteiger partial charge on any atom is -0.490 e. The van der Waals surface area contributed by atoms with Crippen molar-refractivity contribution in [3.8, 4) is 5.75 Å². The number of methoxy groups -OCH3 is 1. The summed E-state index contributed by atoms with van der Waals surface area (Å²) >= 11 is 0. The number of hydrogen-bond donors (Lipinski definition) is 0. The molecule has 110 valence electrons. The smallest absolute Gasteiger partial charge is 0.416 e. The number of esters is 1. The molecule has 1 aromatic carbocycles. The van der Waals surface area contributed by atoms with Gasteiger partial charge in [-0.2, -0.15) is 13.2 Å². The van der Waals surface area contributed by atoms with Gasteiger partial charge in [0, 0.05) is 5.57 Å². The van der Waals surface area contributed by atoms with Crippen molar-refractivity contribution in [1.29, 1.82) is 0 Å². The molecule has 3 nitrogen and oxygen atoms in total. The molecule has 0 N–H and O–H groups in total. The number of alkyl halides is 3. The predicted molar refractivity (Wildman–Crippen MR) is 67.3 cm³/mol. The van der Waals surface area contributed by atoms with Gasteiger partial charge in [-0.1, -0.05) is 13.0 Å². The Bertz CT molecular complexity index is 493. The highest BCUT2D eigenvalue weighted by molar-refractivity contribution is 5.88. The monoisotopic (exact) mass is 288 g/mol. The number of carbonyl (C=O) groups excluding carboxylic acids is 1. The molecule has 0 bridgehead atoms. The summed E-state index contributed by atoms with van der Waals surface area (Å²) in [4.78, 5) is 11.3. The second-order valence-electron chi connectivity index (χ2n) is 3.91. The number of ether oxygens (including phenoxy) is 2. The highest BCUT2D eigenvalue weighted by Crippen LogP contribution is 2.31. The van der Waals surface area contributed by atoms with E-state index in [-0.39, 0.29) is 12.4 Å². The van der Waals surface area contributed by atoms with Crippen molar-refractivity contribution in [1.82, 2.24) is 0 Å². The summed E-state index contributed by atoms with van der Waals surface area (Å²) in [5.41, 5.74) is -0.359. The number of rotatable bonds is 5. The molecular weight excluding hydrogens is 273 g/mol. The lowest BCUT2D eigenvalue weighted by Crippen LogP contribution is -2.07. The van der Waals surface area contributed by atoms with Crippen LogP contribution in [0.15, 0.2) is 35.9 Å². The standard InChI is InChI=1S/C14H15F3O3/c1-3-10(13(18)19-2)7-8-20-12-6-4-5-11(9-12)14(15,16)17/h4-7,9H,3,8H2,1-2H3. The van der Waals surface area contributed by atoms with Crippen LogP contribution in [-0.2, 0) is 15.7 Å². The first-order valence-electron chi connectivity index (χ1n) is 5.96. The Hall–Kier alpha value is -1.98. The van der Waals surface area contributed by atoms with Gasteiger partial charge in [-0.15, -0.1) is 0 Å². The first kappa shape index (κ1) is 16.1. The first-order valence-corrected chi connectivity index (χ1v) is 5.96. The van der Waals surface area contributed by atoms with E-state index in [4.69, 9.17) is 4.74 Å². The zero-order valence-electron chi connectivity index (χ0n) is 11.2. The van der Waals surface area contributed by atoms with Crippen molar-refractivity contribution >= 4 is 5.97 Å². The van der Waals surface area contributed by atoms with Crippen LogP contribution in [0.2, 0.25) is 0 Å². The summed E-state index contributed by atoms with van der Waals surface area (Å²) in [5, 5.41) is 0. The van der Waals surface area contributed by atoms with Crippen molar-refractivity contribution in [3.63, 3.8) is 0 Å². The maximum Gasteiger partial charge on any atom is 0.416 e. The lowest BCUT2D eigenvalue weighted by Gasteiger charge is -2.09. The molecule has 0 unspecified atom stereocenters. The Kier molecular flexibility index (Phi) is 5.61. The molecule has 0 heterocycles. The number of carbonyl (C=O) groups is 1. The molecule has 20 heavy (non-hydrogen) atoms. The van der Waals surface area contributed by atoms with Crippen LogP contribution in [0.4, 0.5) is 13.2 Å². The molecule has 1 rings (SSSR count). The molecular formula is C14H15F3O3. The van der Waals surface area contributed by atoms with Gasteiger partial charge in [0.1, 0.15) is 12.4 Å². The molecule has 0 fully saturated rings. The third kappa shape index (κ3) is 4.60. The fraction of sp³-hybridized carbons (Fsp3) is 0.357. The van der Waals surface area contributed by atoms with Gasteiger partial charge in [-0.3, -0.25) is 0 Å². The van der Waals surface area contributed by atoms with Crippen molar-refractivity contribution in [2.45, 2.75) is 19.5 Å². The molecule has 0 spiro atoms. The van der Waals surface area contributed by atoms with E-state index in [9.17, 15) is 18.0 Å². The van der Waals surface area contributed by atoms with Crippen LogP contribution in [-0.4, -0.2) is 19.7 Å². The highest BCUT2D eigenvalue weighted by atomic mass is 19.4. The van der Waals surface area contributed by atoms with Crippen molar-refractivity contribution < 1.29 is 27.4 Å². The Morgan fingerprint density at radius 3 is 2.60 bits per heavy atom. The van der Waals surface area contributed by atoms with Gasteiger partial charge in [-0.05, 0) is 30.7 Å². The average molecular weight is 288 g/mol. The summed E-state index contributed by atoms with van der Waals surface area (Å²) in [5.74, 6) is -0.378. The lowest BCUT2D eigenvalue weighted by molar-refractivity contribution is -0.138. The molecule has 0 saturated heterocycles. The third-order valence-electron chi connectivity index (χ3n) is 2.57. The number of hydrogen-bond acceptors (Lipinski definition) is 3. The zero-order valence-corrected chi connectivity index (χ0v) is 11.2. The quantitative estimate of drug-likeness (QED) is 0.613. The molecule has 0 saturated carbocycles. The summed E-state index contributed by atoms with van der Waals surface area (Å²) in [6.45, 7) is 1.77. The Morgan fingerprint density at radius 1 is 1.35 bits per heavy atom. The van der Waals surface area contributed by atoms with Gasteiger partial charge < -0.3 is 9.47 Å². The molecule has 6 heteroatoms. The van der Waals surface area contributed by atoms with Gasteiger partial charge >= 0.3 is 12.1 Å². The topological polar surface area (TPSA) is 35.5 Å². The second kappa shape index (κ2) is 6.98. The maximum atomic E-state index is 12.5. The average Bonchev–Trinajstić information content (AvgIpc) is 2.42. The Morgan fingerprint density at radius 2 is 2.05 bits per heavy atom. The van der Waals surface area contributed by atoms with Crippen LogP contribution in [0.25, 0.3) is 0 Å². The minimum absolute atomic E-state index is 0.000413. The molecule has 0 aliphatic rings. The molecule has 0 amide bonds. The number of halogens is 3. The van der Waals surface area contributed by atoms with Crippen LogP contribution in [0.1, 0.15) is 18.9 Å². The summed E-state index contributed by atoms with van der Waals surface area (Å²) in [6, 6.07) is 4.57. The van der Waals surface area contributed by atoms with Gasteiger partial charge in [0.15, 0.2) is 0 Å². The van der Waals surface area contributed by atoms with Crippen molar-refractivity contribution in [2.24, 2.45) is 0 Å². The van der Waals surface area contributed by atoms with E-state index < -0.39 is 17.7 Å². The van der Waals surface area contributed by atoms with Gasteiger partial charge in [0.25, 0.3) is 0 Å². The van der Waals surface area contributed by atoms with Crippen molar-refractivity contribution in [3.05, 3.63) is 41.5 Å². The second-order valence-corrected chi connectivity index (χ2v) is 3.91. The number of benzene rings is 1. The summed E-state index contributed by atoms with van der Waals surface area (Å²) in [6.07, 6.45) is -2.46. The fourth-order valence-electron chi connectivity index (χ4n) is 1.50. The highest BCUT2D eigenvalue weighted by Gasteiger charge is 2.30. The summed E-state index contributed by atoms with van der Waals surface area (Å²) < 4.78 is 47.2. The molecule has 0 aliphatic carbocycles. The maximum absolute atomic E-state index is 12.5. The molecule has 1 aromatic rings. The molecule has 0 aromatic heterocycles. The van der Waals surface area contributed by atoms with Crippen LogP contribution in [0, 0.1) is 0 Å². The van der Waals surface area contributed by atoms with E-state index >= 15 is 0 Å².